The molecule has 15 heavy (non-hydrogen) atoms. The van der Waals surface area contributed by atoms with Crippen LogP contribution in [0.1, 0.15) is 38.4 Å². The molecular weight excluding hydrogens is 188 g/mol. The van der Waals surface area contributed by atoms with Gasteiger partial charge in [0.25, 0.3) is 0 Å². The lowest BCUT2D eigenvalue weighted by Crippen LogP contribution is -2.31. The second kappa shape index (κ2) is 5.29. The van der Waals surface area contributed by atoms with Crippen LogP contribution in [0, 0.1) is 5.41 Å². The molecule has 0 radical (unpaired) electrons. The second-order valence-corrected chi connectivity index (χ2v) is 4.04. The molecule has 1 aromatic rings. The first-order valence-electron chi connectivity index (χ1n) is 5.54. The summed E-state index contributed by atoms with van der Waals surface area (Å²) in [5.41, 5.74) is 0.483. The molecule has 0 amide bonds. The van der Waals surface area contributed by atoms with E-state index in [4.69, 9.17) is 0 Å². The van der Waals surface area contributed by atoms with E-state index in [0.717, 1.165) is 18.4 Å². The van der Waals surface area contributed by atoms with Gasteiger partial charge in [-0.1, -0.05) is 44.2 Å². The summed E-state index contributed by atoms with van der Waals surface area (Å²) >= 11 is 0. The van der Waals surface area contributed by atoms with E-state index in [1.807, 2.05) is 44.2 Å². The fraction of sp³-hybridized carbons (Fsp3) is 0.538. The Kier molecular flexibility index (Phi) is 4.30. The van der Waals surface area contributed by atoms with Gasteiger partial charge >= 0.3 is 0 Å². The van der Waals surface area contributed by atoms with Crippen LogP contribution in [-0.4, -0.2) is 16.8 Å². The van der Waals surface area contributed by atoms with Crippen molar-refractivity contribution < 1.29 is 10.2 Å². The highest BCUT2D eigenvalue weighted by molar-refractivity contribution is 5.19. The van der Waals surface area contributed by atoms with Crippen LogP contribution in [0.15, 0.2) is 30.3 Å². The van der Waals surface area contributed by atoms with Crippen LogP contribution in [-0.2, 0) is 0 Å². The first-order chi connectivity index (χ1) is 7.20. The molecule has 0 bridgehead atoms. The van der Waals surface area contributed by atoms with Gasteiger partial charge in [0.2, 0.25) is 0 Å². The average Bonchev–Trinajstić information content (AvgIpc) is 2.33. The van der Waals surface area contributed by atoms with E-state index < -0.39 is 11.5 Å². The lowest BCUT2D eigenvalue weighted by molar-refractivity contribution is -0.0257. The van der Waals surface area contributed by atoms with Gasteiger partial charge in [-0.05, 0) is 18.4 Å². The molecule has 0 fully saturated rings. The molecule has 0 aliphatic heterocycles. The molecule has 1 aromatic carbocycles. The van der Waals surface area contributed by atoms with Crippen LogP contribution < -0.4 is 0 Å². The highest BCUT2D eigenvalue weighted by atomic mass is 16.3. The van der Waals surface area contributed by atoms with Gasteiger partial charge in [0.15, 0.2) is 0 Å². The summed E-state index contributed by atoms with van der Waals surface area (Å²) in [5.74, 6) is 0. The van der Waals surface area contributed by atoms with Crippen LogP contribution in [0.3, 0.4) is 0 Å². The summed E-state index contributed by atoms with van der Waals surface area (Å²) in [6, 6.07) is 9.55. The zero-order valence-corrected chi connectivity index (χ0v) is 9.48. The first-order valence-corrected chi connectivity index (χ1v) is 5.54. The normalized spacial score (nSPS) is 13.9. The second-order valence-electron chi connectivity index (χ2n) is 4.04. The molecule has 0 heterocycles. The van der Waals surface area contributed by atoms with Gasteiger partial charge in [0.05, 0.1) is 12.7 Å². The zero-order chi connectivity index (χ0) is 11.3. The van der Waals surface area contributed by atoms with Crippen molar-refractivity contribution >= 4 is 0 Å². The molecule has 0 spiro atoms. The van der Waals surface area contributed by atoms with Gasteiger partial charge in [-0.25, -0.2) is 0 Å². The van der Waals surface area contributed by atoms with E-state index in [2.05, 4.69) is 0 Å². The predicted molar refractivity (Wildman–Crippen MR) is 61.5 cm³/mol. The fourth-order valence-electron chi connectivity index (χ4n) is 1.94. The maximum Gasteiger partial charge on any atom is 0.0867 e. The summed E-state index contributed by atoms with van der Waals surface area (Å²) in [7, 11) is 0. The predicted octanol–water partition coefficient (Wildman–Crippen LogP) is 2.52. The zero-order valence-electron chi connectivity index (χ0n) is 9.48. The van der Waals surface area contributed by atoms with E-state index in [9.17, 15) is 10.2 Å². The van der Waals surface area contributed by atoms with Crippen molar-refractivity contribution in [2.45, 2.75) is 32.8 Å². The Morgan fingerprint density at radius 3 is 2.07 bits per heavy atom. The van der Waals surface area contributed by atoms with Gasteiger partial charge in [-0.15, -0.1) is 0 Å². The lowest BCUT2D eigenvalue weighted by atomic mass is 9.75. The van der Waals surface area contributed by atoms with Crippen LogP contribution in [0.5, 0.6) is 0 Å². The van der Waals surface area contributed by atoms with Gasteiger partial charge in [-0.2, -0.15) is 0 Å². The molecule has 1 rings (SSSR count). The summed E-state index contributed by atoms with van der Waals surface area (Å²) in [6.45, 7) is 4.04. The minimum absolute atomic E-state index is 0.0239. The van der Waals surface area contributed by atoms with E-state index in [0.29, 0.717) is 0 Å². The van der Waals surface area contributed by atoms with E-state index >= 15 is 0 Å². The van der Waals surface area contributed by atoms with E-state index in [-0.39, 0.29) is 6.61 Å². The summed E-state index contributed by atoms with van der Waals surface area (Å²) in [4.78, 5) is 0. The Morgan fingerprint density at radius 2 is 1.67 bits per heavy atom. The molecule has 0 aromatic heterocycles. The van der Waals surface area contributed by atoms with Crippen LogP contribution >= 0.6 is 0 Å². The van der Waals surface area contributed by atoms with E-state index in [1.165, 1.54) is 0 Å². The topological polar surface area (TPSA) is 40.5 Å². The third kappa shape index (κ3) is 2.39. The molecule has 0 unspecified atom stereocenters. The number of hydrogen-bond donors (Lipinski definition) is 2. The average molecular weight is 208 g/mol. The Morgan fingerprint density at radius 1 is 1.13 bits per heavy atom. The maximum atomic E-state index is 10.3. The molecule has 0 aliphatic rings. The van der Waals surface area contributed by atoms with Crippen molar-refractivity contribution in [2.24, 2.45) is 5.41 Å². The SMILES string of the molecule is CCC(CC)(CO)[C@@H](O)c1ccccc1. The molecule has 1 atom stereocenters. The monoisotopic (exact) mass is 208 g/mol. The van der Waals surface area contributed by atoms with Crippen molar-refractivity contribution in [1.82, 2.24) is 0 Å². The lowest BCUT2D eigenvalue weighted by Gasteiger charge is -2.34. The Bertz CT molecular complexity index is 270. The minimum atomic E-state index is -0.585. The smallest absolute Gasteiger partial charge is 0.0867 e. The van der Waals surface area contributed by atoms with Gasteiger partial charge in [-0.3, -0.25) is 0 Å². The molecule has 0 saturated heterocycles. The third-order valence-electron chi connectivity index (χ3n) is 3.42. The largest absolute Gasteiger partial charge is 0.396 e. The van der Waals surface area contributed by atoms with Crippen molar-refractivity contribution in [3.8, 4) is 0 Å². The van der Waals surface area contributed by atoms with Crippen molar-refractivity contribution in [2.75, 3.05) is 6.61 Å². The first kappa shape index (κ1) is 12.2. The number of rotatable bonds is 5. The Hall–Kier alpha value is -0.860. The highest BCUT2D eigenvalue weighted by Crippen LogP contribution is 2.39. The summed E-state index contributed by atoms with van der Waals surface area (Å²) < 4.78 is 0. The molecule has 2 heteroatoms. The third-order valence-corrected chi connectivity index (χ3v) is 3.42. The highest BCUT2D eigenvalue weighted by Gasteiger charge is 2.34. The molecular formula is C13H20O2. The van der Waals surface area contributed by atoms with E-state index in [1.54, 1.807) is 0 Å². The Labute approximate surface area is 91.6 Å². The van der Waals surface area contributed by atoms with Crippen LogP contribution in [0.2, 0.25) is 0 Å². The van der Waals surface area contributed by atoms with Crippen molar-refractivity contribution in [3.63, 3.8) is 0 Å². The van der Waals surface area contributed by atoms with Crippen LogP contribution in [0.4, 0.5) is 0 Å². The molecule has 2 nitrogen and oxygen atoms in total. The van der Waals surface area contributed by atoms with Gasteiger partial charge in [0.1, 0.15) is 0 Å². The number of aliphatic hydroxyl groups excluding tert-OH is 2. The maximum absolute atomic E-state index is 10.3. The molecule has 0 saturated carbocycles. The number of aliphatic hydroxyl groups is 2. The summed E-state index contributed by atoms with van der Waals surface area (Å²) in [5, 5.41) is 19.7. The molecule has 84 valence electrons. The quantitative estimate of drug-likeness (QED) is 0.780. The number of hydrogen-bond acceptors (Lipinski definition) is 2. The minimum Gasteiger partial charge on any atom is -0.396 e. The van der Waals surface area contributed by atoms with Crippen molar-refractivity contribution in [1.29, 1.82) is 0 Å². The summed E-state index contributed by atoms with van der Waals surface area (Å²) in [6.07, 6.45) is 0.963. The fourth-order valence-corrected chi connectivity index (χ4v) is 1.94. The molecule has 2 N–H and O–H groups in total. The van der Waals surface area contributed by atoms with Crippen molar-refractivity contribution in [3.05, 3.63) is 35.9 Å². The number of benzene rings is 1. The molecule has 0 aliphatic carbocycles. The van der Waals surface area contributed by atoms with Gasteiger partial charge in [0, 0.05) is 5.41 Å². The Balaban J connectivity index is 2.95. The van der Waals surface area contributed by atoms with Gasteiger partial charge < -0.3 is 10.2 Å². The van der Waals surface area contributed by atoms with Crippen LogP contribution in [0.25, 0.3) is 0 Å². The standard InChI is InChI=1S/C13H20O2/c1-3-13(4-2,10-14)12(15)11-8-6-5-7-9-11/h5-9,12,14-15H,3-4,10H2,1-2H3/t12-/m0/s1.